The van der Waals surface area contributed by atoms with Crippen molar-refractivity contribution in [1.82, 2.24) is 0 Å². The molecule has 0 fully saturated rings. The molecule has 0 aliphatic rings. The summed E-state index contributed by atoms with van der Waals surface area (Å²) in [5, 5.41) is 12.9. The molecule has 86 valence electrons. The monoisotopic (exact) mass is 236 g/mol. The fourth-order valence-corrected chi connectivity index (χ4v) is 1.63. The number of nitrogens with zero attached hydrogens (tertiary/aromatic N) is 3. The Morgan fingerprint density at radius 1 is 1.22 bits per heavy atom. The highest BCUT2D eigenvalue weighted by atomic mass is 16.1. The maximum atomic E-state index is 11.6. The Morgan fingerprint density at radius 3 is 2.67 bits per heavy atom. The molecule has 0 atom stereocenters. The van der Waals surface area contributed by atoms with Gasteiger partial charge in [-0.05, 0) is 11.5 Å². The molecule has 1 N–H and O–H groups in total. The van der Waals surface area contributed by atoms with Gasteiger partial charge in [0.1, 0.15) is 0 Å². The van der Waals surface area contributed by atoms with Crippen molar-refractivity contribution >= 4 is 28.1 Å². The van der Waals surface area contributed by atoms with E-state index in [2.05, 4.69) is 10.1 Å². The van der Waals surface area contributed by atoms with E-state index in [9.17, 15) is 4.79 Å². The highest BCUT2D eigenvalue weighted by Crippen LogP contribution is 2.22. The Balaban J connectivity index is 2.42. The van der Waals surface area contributed by atoms with Crippen molar-refractivity contribution in [3.05, 3.63) is 48.0 Å². The van der Waals surface area contributed by atoms with Crippen molar-refractivity contribution in [2.75, 3.05) is 5.32 Å². The number of amides is 1. The molecule has 1 amide bonds. The molecule has 2 aromatic carbocycles. The maximum Gasteiger partial charge on any atom is 0.455 e. The Bertz CT molecular complexity index is 703. The molecular weight excluding hydrogens is 228 g/mol. The van der Waals surface area contributed by atoms with Crippen molar-refractivity contribution in [2.24, 2.45) is 0 Å². The quantitative estimate of drug-likeness (QED) is 0.490. The van der Waals surface area contributed by atoms with Crippen LogP contribution in [0.5, 0.6) is 0 Å². The van der Waals surface area contributed by atoms with Gasteiger partial charge in [0, 0.05) is 11.1 Å². The van der Waals surface area contributed by atoms with E-state index >= 15 is 0 Å². The minimum Gasteiger partial charge on any atom is -0.360 e. The zero-order valence-electron chi connectivity index (χ0n) is 9.29. The van der Waals surface area contributed by atoms with Crippen LogP contribution in [-0.4, -0.2) is 16.4 Å². The van der Waals surface area contributed by atoms with Gasteiger partial charge in [0.25, 0.3) is 0 Å². The number of nitriles is 1. The van der Waals surface area contributed by atoms with Crippen LogP contribution in [0.15, 0.2) is 42.5 Å². The zero-order chi connectivity index (χ0) is 13.0. The molecule has 0 heterocycles. The first kappa shape index (κ1) is 11.5. The summed E-state index contributed by atoms with van der Waals surface area (Å²) in [6.45, 7) is 0. The topological polar surface area (TPSA) is 89.3 Å². The van der Waals surface area contributed by atoms with Crippen molar-refractivity contribution in [1.29, 1.82) is 5.26 Å². The third-order valence-corrected chi connectivity index (χ3v) is 2.46. The van der Waals surface area contributed by atoms with Crippen molar-refractivity contribution in [2.45, 2.75) is 0 Å². The van der Waals surface area contributed by atoms with Gasteiger partial charge in [0.15, 0.2) is 6.07 Å². The van der Waals surface area contributed by atoms with Gasteiger partial charge in [-0.1, -0.05) is 36.4 Å². The minimum atomic E-state index is -0.739. The molecule has 0 spiro atoms. The van der Waals surface area contributed by atoms with E-state index in [0.717, 1.165) is 10.8 Å². The SMILES string of the molecule is N#CC(=[N+]=[N-])C(=O)Nc1cccc2ccccc12. The summed E-state index contributed by atoms with van der Waals surface area (Å²) in [6, 6.07) is 14.4. The van der Waals surface area contributed by atoms with Crippen molar-refractivity contribution in [3.63, 3.8) is 0 Å². The lowest BCUT2D eigenvalue weighted by Gasteiger charge is -2.05. The number of benzene rings is 2. The fourth-order valence-electron chi connectivity index (χ4n) is 1.63. The van der Waals surface area contributed by atoms with Gasteiger partial charge >= 0.3 is 11.6 Å². The van der Waals surface area contributed by atoms with E-state index < -0.39 is 11.6 Å². The number of fused-ring (bicyclic) bond motifs is 1. The van der Waals surface area contributed by atoms with Crippen molar-refractivity contribution < 1.29 is 9.58 Å². The van der Waals surface area contributed by atoms with Gasteiger partial charge in [-0.3, -0.25) is 4.79 Å². The average Bonchev–Trinajstić information content (AvgIpc) is 2.40. The van der Waals surface area contributed by atoms with E-state index in [1.807, 2.05) is 30.3 Å². The first-order valence-electron chi connectivity index (χ1n) is 5.17. The predicted octanol–water partition coefficient (Wildman–Crippen LogP) is 1.97. The molecule has 2 aromatic rings. The molecular formula is C13H8N4O. The normalized spacial score (nSPS) is 9.28. The first-order chi connectivity index (χ1) is 8.76. The molecule has 0 radical (unpaired) electrons. The molecule has 5 heteroatoms. The van der Waals surface area contributed by atoms with Crippen LogP contribution < -0.4 is 5.32 Å². The minimum absolute atomic E-state index is 0.564. The summed E-state index contributed by atoms with van der Waals surface area (Å²) in [4.78, 5) is 14.2. The number of hydrogen-bond donors (Lipinski definition) is 1. The van der Waals surface area contributed by atoms with E-state index in [0.29, 0.717) is 5.69 Å². The summed E-state index contributed by atoms with van der Waals surface area (Å²) >= 11 is 0. The largest absolute Gasteiger partial charge is 0.455 e. The van der Waals surface area contributed by atoms with Crippen LogP contribution in [0.25, 0.3) is 16.3 Å². The van der Waals surface area contributed by atoms with E-state index in [-0.39, 0.29) is 0 Å². The summed E-state index contributed by atoms with van der Waals surface area (Å²) in [7, 11) is 0. The van der Waals surface area contributed by atoms with Crippen molar-refractivity contribution in [3.8, 4) is 6.07 Å². The van der Waals surface area contributed by atoms with E-state index in [4.69, 9.17) is 10.8 Å². The molecule has 0 unspecified atom stereocenters. The first-order valence-corrected chi connectivity index (χ1v) is 5.17. The molecule has 0 aliphatic heterocycles. The predicted molar refractivity (Wildman–Crippen MR) is 66.8 cm³/mol. The Morgan fingerprint density at radius 2 is 1.94 bits per heavy atom. The van der Waals surface area contributed by atoms with E-state index in [1.165, 1.54) is 6.07 Å². The highest BCUT2D eigenvalue weighted by molar-refractivity contribution is 6.46. The van der Waals surface area contributed by atoms with Crippen LogP contribution in [0.1, 0.15) is 0 Å². The second kappa shape index (κ2) is 4.91. The lowest BCUT2D eigenvalue weighted by Crippen LogP contribution is -2.22. The lowest BCUT2D eigenvalue weighted by atomic mass is 10.1. The summed E-state index contributed by atoms with van der Waals surface area (Å²) in [5.41, 5.74) is 8.48. The third-order valence-electron chi connectivity index (χ3n) is 2.46. The van der Waals surface area contributed by atoms with Crippen LogP contribution in [0.2, 0.25) is 0 Å². The van der Waals surface area contributed by atoms with Crippen LogP contribution in [0.3, 0.4) is 0 Å². The molecule has 0 saturated carbocycles. The molecule has 0 bridgehead atoms. The summed E-state index contributed by atoms with van der Waals surface area (Å²) < 4.78 is 0. The second-order valence-corrected chi connectivity index (χ2v) is 3.54. The van der Waals surface area contributed by atoms with Crippen LogP contribution in [0.4, 0.5) is 5.69 Å². The van der Waals surface area contributed by atoms with Gasteiger partial charge in [0.2, 0.25) is 0 Å². The number of carbonyl (C=O) groups is 1. The molecule has 18 heavy (non-hydrogen) atoms. The Labute approximate surface area is 103 Å². The number of hydrogen-bond acceptors (Lipinski definition) is 2. The zero-order valence-corrected chi connectivity index (χ0v) is 9.29. The Kier molecular flexibility index (Phi) is 3.15. The molecule has 0 aromatic heterocycles. The number of anilines is 1. The standard InChI is InChI=1S/C13H8N4O/c14-8-12(17-15)13(18)16-11-7-3-5-9-4-1-2-6-10(9)11/h1-7H,(H,16,18). The van der Waals surface area contributed by atoms with Gasteiger partial charge < -0.3 is 10.8 Å². The number of rotatable bonds is 2. The molecule has 2 rings (SSSR count). The van der Waals surface area contributed by atoms with Gasteiger partial charge in [0.05, 0.1) is 0 Å². The third kappa shape index (κ3) is 2.09. The Hall–Kier alpha value is -2.96. The van der Waals surface area contributed by atoms with Gasteiger partial charge in [-0.2, -0.15) is 5.26 Å². The number of nitrogens with one attached hydrogen (secondary N) is 1. The maximum absolute atomic E-state index is 11.6. The highest BCUT2D eigenvalue weighted by Gasteiger charge is 2.19. The second-order valence-electron chi connectivity index (χ2n) is 3.54. The average molecular weight is 236 g/mol. The summed E-state index contributed by atoms with van der Waals surface area (Å²) in [5.74, 6) is -0.739. The van der Waals surface area contributed by atoms with Crippen LogP contribution >= 0.6 is 0 Å². The van der Waals surface area contributed by atoms with Gasteiger partial charge in [-0.25, -0.2) is 0 Å². The molecule has 5 nitrogen and oxygen atoms in total. The summed E-state index contributed by atoms with van der Waals surface area (Å²) in [6.07, 6.45) is 0. The fraction of sp³-hybridized carbons (Fsp3) is 0. The molecule has 0 saturated heterocycles. The van der Waals surface area contributed by atoms with Crippen LogP contribution in [-0.2, 0) is 4.79 Å². The smallest absolute Gasteiger partial charge is 0.360 e. The van der Waals surface area contributed by atoms with Crippen LogP contribution in [0, 0.1) is 11.3 Å². The number of carbonyl (C=O) groups excluding carboxylic acids is 1. The lowest BCUT2D eigenvalue weighted by molar-refractivity contribution is -0.114. The molecule has 0 aliphatic carbocycles. The van der Waals surface area contributed by atoms with Gasteiger partial charge in [-0.15, -0.1) is 4.79 Å². The van der Waals surface area contributed by atoms with E-state index in [1.54, 1.807) is 12.1 Å².